The highest BCUT2D eigenvalue weighted by molar-refractivity contribution is 5.86. The topological polar surface area (TPSA) is 102 Å². The van der Waals surface area contributed by atoms with Crippen LogP contribution in [0.3, 0.4) is 0 Å². The van der Waals surface area contributed by atoms with Gasteiger partial charge < -0.3 is 19.9 Å². The van der Waals surface area contributed by atoms with Gasteiger partial charge in [0.1, 0.15) is 18.4 Å². The van der Waals surface area contributed by atoms with Gasteiger partial charge in [-0.3, -0.25) is 9.59 Å². The van der Waals surface area contributed by atoms with Gasteiger partial charge in [0.2, 0.25) is 5.91 Å². The first-order valence-corrected chi connectivity index (χ1v) is 6.65. The summed E-state index contributed by atoms with van der Waals surface area (Å²) in [6.45, 7) is 0.421. The van der Waals surface area contributed by atoms with Crippen LogP contribution >= 0.6 is 0 Å². The van der Waals surface area contributed by atoms with Crippen LogP contribution in [0, 0.1) is 5.92 Å². The van der Waals surface area contributed by atoms with Crippen LogP contribution in [-0.2, 0) is 23.9 Å². The van der Waals surface area contributed by atoms with E-state index in [2.05, 4.69) is 5.32 Å². The van der Waals surface area contributed by atoms with Gasteiger partial charge in [-0.1, -0.05) is 0 Å². The van der Waals surface area contributed by atoms with E-state index in [4.69, 9.17) is 9.47 Å². The maximum atomic E-state index is 11.6. The molecule has 1 rings (SSSR count). The predicted octanol–water partition coefficient (Wildman–Crippen LogP) is -0.0219. The standard InChI is InChI=1S/C13H21NO6/c1-19-5-6-20-8-11(16)14-12(13(17)18)9-3-2-4-10(15)7-9/h9,12H,2-8H2,1H3,(H,14,16)(H,17,18)/t9-,12+/m0/s1. The summed E-state index contributed by atoms with van der Waals surface area (Å²) < 4.78 is 9.79. The predicted molar refractivity (Wildman–Crippen MR) is 69.2 cm³/mol. The lowest BCUT2D eigenvalue weighted by Gasteiger charge is -2.27. The molecule has 0 saturated heterocycles. The molecule has 0 aromatic heterocycles. The van der Waals surface area contributed by atoms with Crippen LogP contribution in [0.15, 0.2) is 0 Å². The summed E-state index contributed by atoms with van der Waals surface area (Å²) in [6.07, 6.45) is 2.01. The van der Waals surface area contributed by atoms with Gasteiger partial charge >= 0.3 is 5.97 Å². The van der Waals surface area contributed by atoms with Gasteiger partial charge in [0.05, 0.1) is 13.2 Å². The normalized spacial score (nSPS) is 20.4. The Morgan fingerprint density at radius 1 is 1.45 bits per heavy atom. The second-order valence-corrected chi connectivity index (χ2v) is 4.82. The van der Waals surface area contributed by atoms with Gasteiger partial charge in [-0.2, -0.15) is 0 Å². The largest absolute Gasteiger partial charge is 0.480 e. The average molecular weight is 287 g/mol. The van der Waals surface area contributed by atoms with Gasteiger partial charge in [0.25, 0.3) is 0 Å². The van der Waals surface area contributed by atoms with Crippen molar-refractivity contribution in [1.82, 2.24) is 5.32 Å². The first-order chi connectivity index (χ1) is 9.54. The van der Waals surface area contributed by atoms with Gasteiger partial charge in [-0.15, -0.1) is 0 Å². The fourth-order valence-electron chi connectivity index (χ4n) is 2.25. The van der Waals surface area contributed by atoms with E-state index >= 15 is 0 Å². The number of amides is 1. The zero-order valence-electron chi connectivity index (χ0n) is 11.6. The molecule has 0 bridgehead atoms. The Labute approximate surface area is 117 Å². The lowest BCUT2D eigenvalue weighted by atomic mass is 9.83. The Morgan fingerprint density at radius 2 is 2.20 bits per heavy atom. The first kappa shape index (κ1) is 16.6. The van der Waals surface area contributed by atoms with Crippen LogP contribution in [0.25, 0.3) is 0 Å². The average Bonchev–Trinajstić information content (AvgIpc) is 2.40. The molecule has 0 aliphatic heterocycles. The Hall–Kier alpha value is -1.47. The van der Waals surface area contributed by atoms with E-state index in [1.54, 1.807) is 0 Å². The zero-order valence-corrected chi connectivity index (χ0v) is 11.6. The number of carboxylic acid groups (broad SMARTS) is 1. The van der Waals surface area contributed by atoms with E-state index in [9.17, 15) is 19.5 Å². The molecule has 1 amide bonds. The molecule has 20 heavy (non-hydrogen) atoms. The summed E-state index contributed by atoms with van der Waals surface area (Å²) in [6, 6.07) is -1.03. The minimum Gasteiger partial charge on any atom is -0.480 e. The van der Waals surface area contributed by atoms with E-state index in [0.29, 0.717) is 25.9 Å². The van der Waals surface area contributed by atoms with Crippen molar-refractivity contribution in [2.24, 2.45) is 5.92 Å². The van der Waals surface area contributed by atoms with Crippen LogP contribution < -0.4 is 5.32 Å². The maximum Gasteiger partial charge on any atom is 0.326 e. The van der Waals surface area contributed by atoms with Crippen molar-refractivity contribution in [3.63, 3.8) is 0 Å². The fourth-order valence-corrected chi connectivity index (χ4v) is 2.25. The molecule has 0 aromatic carbocycles. The van der Waals surface area contributed by atoms with E-state index in [0.717, 1.165) is 0 Å². The molecule has 1 fully saturated rings. The molecule has 0 spiro atoms. The van der Waals surface area contributed by atoms with Crippen molar-refractivity contribution >= 4 is 17.7 Å². The number of aliphatic carboxylic acids is 1. The first-order valence-electron chi connectivity index (χ1n) is 6.65. The maximum absolute atomic E-state index is 11.6. The number of rotatable bonds is 8. The number of hydrogen-bond donors (Lipinski definition) is 2. The van der Waals surface area contributed by atoms with Crippen molar-refractivity contribution in [3.05, 3.63) is 0 Å². The number of Topliss-reactive ketones (excluding diaryl/α,β-unsaturated/α-hetero) is 1. The Balaban J connectivity index is 2.44. The van der Waals surface area contributed by atoms with Crippen molar-refractivity contribution in [2.75, 3.05) is 26.9 Å². The second kappa shape index (κ2) is 8.65. The van der Waals surface area contributed by atoms with Gasteiger partial charge in [0.15, 0.2) is 0 Å². The number of methoxy groups -OCH3 is 1. The molecular weight excluding hydrogens is 266 g/mol. The van der Waals surface area contributed by atoms with E-state index in [-0.39, 0.29) is 31.3 Å². The molecule has 1 saturated carbocycles. The van der Waals surface area contributed by atoms with Gasteiger partial charge in [0, 0.05) is 20.0 Å². The number of carbonyl (C=O) groups is 3. The summed E-state index contributed by atoms with van der Waals surface area (Å²) in [5, 5.41) is 11.6. The fraction of sp³-hybridized carbons (Fsp3) is 0.769. The molecule has 1 aliphatic rings. The molecule has 0 aromatic rings. The lowest BCUT2D eigenvalue weighted by molar-refractivity contribution is -0.145. The van der Waals surface area contributed by atoms with Crippen LogP contribution in [0.2, 0.25) is 0 Å². The molecule has 2 N–H and O–H groups in total. The Morgan fingerprint density at radius 3 is 2.80 bits per heavy atom. The smallest absolute Gasteiger partial charge is 0.326 e. The molecule has 0 unspecified atom stereocenters. The molecule has 0 heterocycles. The molecule has 7 heteroatoms. The van der Waals surface area contributed by atoms with E-state index in [1.807, 2.05) is 0 Å². The Bertz CT molecular complexity index is 357. The minimum absolute atomic E-state index is 0.0538. The van der Waals surface area contributed by atoms with Crippen molar-refractivity contribution in [1.29, 1.82) is 0 Å². The quantitative estimate of drug-likeness (QED) is 0.608. The van der Waals surface area contributed by atoms with Crippen molar-refractivity contribution in [3.8, 4) is 0 Å². The number of carbonyl (C=O) groups excluding carboxylic acids is 2. The van der Waals surface area contributed by atoms with Gasteiger partial charge in [-0.25, -0.2) is 4.79 Å². The van der Waals surface area contributed by atoms with E-state index < -0.39 is 17.9 Å². The molecule has 2 atom stereocenters. The molecule has 114 valence electrons. The number of hydrogen-bond acceptors (Lipinski definition) is 5. The summed E-state index contributed by atoms with van der Waals surface area (Å²) in [4.78, 5) is 34.2. The van der Waals surface area contributed by atoms with Gasteiger partial charge in [-0.05, 0) is 18.8 Å². The minimum atomic E-state index is -1.12. The molecule has 0 radical (unpaired) electrons. The van der Waals surface area contributed by atoms with Crippen LogP contribution in [-0.4, -0.2) is 55.7 Å². The monoisotopic (exact) mass is 287 g/mol. The third-order valence-electron chi connectivity index (χ3n) is 3.24. The highest BCUT2D eigenvalue weighted by Gasteiger charge is 2.33. The second-order valence-electron chi connectivity index (χ2n) is 4.82. The Kier molecular flexibility index (Phi) is 7.17. The summed E-state index contributed by atoms with van der Waals surface area (Å²) in [5.74, 6) is -1.89. The van der Waals surface area contributed by atoms with Crippen LogP contribution in [0.4, 0.5) is 0 Å². The summed E-state index contributed by atoms with van der Waals surface area (Å²) in [7, 11) is 1.52. The molecular formula is C13H21NO6. The third-order valence-corrected chi connectivity index (χ3v) is 3.24. The summed E-state index contributed by atoms with van der Waals surface area (Å²) in [5.41, 5.74) is 0. The molecule has 1 aliphatic carbocycles. The highest BCUT2D eigenvalue weighted by Crippen LogP contribution is 2.24. The van der Waals surface area contributed by atoms with Crippen LogP contribution in [0.1, 0.15) is 25.7 Å². The van der Waals surface area contributed by atoms with E-state index in [1.165, 1.54) is 7.11 Å². The zero-order chi connectivity index (χ0) is 15.0. The SMILES string of the molecule is COCCOCC(=O)N[C@@H](C(=O)O)[C@H]1CCCC(=O)C1. The third kappa shape index (κ3) is 5.66. The number of ether oxygens (including phenoxy) is 2. The van der Waals surface area contributed by atoms with Crippen molar-refractivity contribution < 1.29 is 29.0 Å². The number of nitrogens with one attached hydrogen (secondary N) is 1. The molecule has 7 nitrogen and oxygen atoms in total. The number of ketones is 1. The van der Waals surface area contributed by atoms with Crippen LogP contribution in [0.5, 0.6) is 0 Å². The van der Waals surface area contributed by atoms with Crippen molar-refractivity contribution in [2.45, 2.75) is 31.7 Å². The highest BCUT2D eigenvalue weighted by atomic mass is 16.5. The number of carboxylic acids is 1. The lowest BCUT2D eigenvalue weighted by Crippen LogP contribution is -2.48. The summed E-state index contributed by atoms with van der Waals surface area (Å²) >= 11 is 0.